The summed E-state index contributed by atoms with van der Waals surface area (Å²) >= 11 is 0. The van der Waals surface area contributed by atoms with Crippen LogP contribution in [0.25, 0.3) is 0 Å². The van der Waals surface area contributed by atoms with E-state index in [-0.39, 0.29) is 17.6 Å². The number of hydrogen-bond acceptors (Lipinski definition) is 5. The minimum Gasteiger partial charge on any atom is -0.497 e. The van der Waals surface area contributed by atoms with E-state index < -0.39 is 10.0 Å². The molecular weight excluding hydrogens is 416 g/mol. The van der Waals surface area contributed by atoms with Crippen molar-refractivity contribution in [3.8, 4) is 11.5 Å². The van der Waals surface area contributed by atoms with Gasteiger partial charge in [-0.25, -0.2) is 12.7 Å². The first-order chi connectivity index (χ1) is 14.9. The number of aryl methyl sites for hydroxylation is 1. The average Bonchev–Trinajstić information content (AvgIpc) is 2.76. The second-order valence-corrected chi connectivity index (χ2v) is 9.71. The third kappa shape index (κ3) is 6.70. The summed E-state index contributed by atoms with van der Waals surface area (Å²) in [5, 5.41) is 2.89. The first-order valence-corrected chi connectivity index (χ1v) is 12.1. The second kappa shape index (κ2) is 10.6. The molecule has 1 heterocycles. The Kier molecular flexibility index (Phi) is 7.92. The lowest BCUT2D eigenvalue weighted by Crippen LogP contribution is -2.43. The molecule has 2 aromatic rings. The molecule has 1 saturated heterocycles. The number of ether oxygens (including phenoxy) is 2. The molecule has 1 N–H and O–H groups in total. The van der Waals surface area contributed by atoms with E-state index >= 15 is 0 Å². The maximum Gasteiger partial charge on any atom is 0.223 e. The van der Waals surface area contributed by atoms with E-state index in [0.29, 0.717) is 50.6 Å². The summed E-state index contributed by atoms with van der Waals surface area (Å²) in [6.45, 7) is 3.42. The van der Waals surface area contributed by atoms with Crippen molar-refractivity contribution in [2.24, 2.45) is 5.92 Å². The van der Waals surface area contributed by atoms with E-state index in [9.17, 15) is 13.2 Å². The van der Waals surface area contributed by atoms with Crippen molar-refractivity contribution >= 4 is 15.9 Å². The standard InChI is InChI=1S/C23H30N2O5S/c1-18-5-3-6-19(15-18)17-31(27,28)25-12-9-20(10-13-25)23(26)24-11-14-30-22-8-4-7-21(16-22)29-2/h3-8,15-16,20H,9-14,17H2,1-2H3,(H,24,26). The molecule has 0 bridgehead atoms. The van der Waals surface area contributed by atoms with Crippen molar-refractivity contribution in [2.45, 2.75) is 25.5 Å². The molecule has 31 heavy (non-hydrogen) atoms. The largest absolute Gasteiger partial charge is 0.497 e. The van der Waals surface area contributed by atoms with Gasteiger partial charge >= 0.3 is 0 Å². The monoisotopic (exact) mass is 446 g/mol. The van der Waals surface area contributed by atoms with Gasteiger partial charge in [-0.2, -0.15) is 0 Å². The highest BCUT2D eigenvalue weighted by Crippen LogP contribution is 2.22. The van der Waals surface area contributed by atoms with E-state index in [4.69, 9.17) is 9.47 Å². The first kappa shape index (κ1) is 23.1. The molecule has 0 atom stereocenters. The van der Waals surface area contributed by atoms with Crippen molar-refractivity contribution in [1.29, 1.82) is 0 Å². The summed E-state index contributed by atoms with van der Waals surface area (Å²) in [6, 6.07) is 14.8. The van der Waals surface area contributed by atoms with Crippen LogP contribution in [0, 0.1) is 12.8 Å². The molecule has 2 aromatic carbocycles. The number of sulfonamides is 1. The summed E-state index contributed by atoms with van der Waals surface area (Å²) in [6.07, 6.45) is 1.05. The fraction of sp³-hybridized carbons (Fsp3) is 0.435. The number of methoxy groups -OCH3 is 1. The van der Waals surface area contributed by atoms with Crippen LogP contribution in [0.4, 0.5) is 0 Å². The smallest absolute Gasteiger partial charge is 0.223 e. The van der Waals surface area contributed by atoms with Crippen LogP contribution in [-0.2, 0) is 20.6 Å². The predicted molar refractivity (Wildman–Crippen MR) is 120 cm³/mol. The van der Waals surface area contributed by atoms with Gasteiger partial charge in [0.15, 0.2) is 0 Å². The van der Waals surface area contributed by atoms with Gasteiger partial charge in [-0.05, 0) is 37.5 Å². The maximum absolute atomic E-state index is 12.7. The first-order valence-electron chi connectivity index (χ1n) is 10.5. The number of nitrogens with zero attached hydrogens (tertiary/aromatic N) is 1. The van der Waals surface area contributed by atoms with Crippen LogP contribution in [0.2, 0.25) is 0 Å². The Labute approximate surface area is 184 Å². The molecule has 0 radical (unpaired) electrons. The molecule has 0 unspecified atom stereocenters. The summed E-state index contributed by atoms with van der Waals surface area (Å²) in [5.41, 5.74) is 1.83. The van der Waals surface area contributed by atoms with Crippen molar-refractivity contribution in [3.05, 3.63) is 59.7 Å². The topological polar surface area (TPSA) is 84.9 Å². The Morgan fingerprint density at radius 2 is 1.81 bits per heavy atom. The lowest BCUT2D eigenvalue weighted by Gasteiger charge is -2.30. The molecule has 0 saturated carbocycles. The average molecular weight is 447 g/mol. The van der Waals surface area contributed by atoms with Gasteiger partial charge in [0, 0.05) is 25.1 Å². The number of nitrogens with one attached hydrogen (secondary N) is 1. The van der Waals surface area contributed by atoms with Gasteiger partial charge in [-0.1, -0.05) is 35.9 Å². The minimum absolute atomic E-state index is 0.00679. The zero-order chi connectivity index (χ0) is 22.3. The zero-order valence-electron chi connectivity index (χ0n) is 18.0. The van der Waals surface area contributed by atoms with Crippen LogP contribution >= 0.6 is 0 Å². The highest BCUT2D eigenvalue weighted by Gasteiger charge is 2.31. The molecule has 0 spiro atoms. The van der Waals surface area contributed by atoms with Gasteiger partial charge in [0.2, 0.25) is 15.9 Å². The van der Waals surface area contributed by atoms with E-state index in [1.165, 1.54) is 4.31 Å². The highest BCUT2D eigenvalue weighted by molar-refractivity contribution is 7.88. The van der Waals surface area contributed by atoms with Crippen LogP contribution in [0.5, 0.6) is 11.5 Å². The molecule has 3 rings (SSSR count). The Morgan fingerprint density at radius 1 is 1.10 bits per heavy atom. The van der Waals surface area contributed by atoms with Crippen LogP contribution in [0.1, 0.15) is 24.0 Å². The Hall–Kier alpha value is -2.58. The van der Waals surface area contributed by atoms with Crippen LogP contribution in [-0.4, -0.2) is 52.0 Å². The van der Waals surface area contributed by atoms with Crippen LogP contribution < -0.4 is 14.8 Å². The SMILES string of the molecule is COc1cccc(OCCNC(=O)C2CCN(S(=O)(=O)Cc3cccc(C)c3)CC2)c1. The number of amides is 1. The van der Waals surface area contributed by atoms with Gasteiger partial charge < -0.3 is 14.8 Å². The summed E-state index contributed by atoms with van der Waals surface area (Å²) in [7, 11) is -1.79. The predicted octanol–water partition coefficient (Wildman–Crippen LogP) is 2.74. The van der Waals surface area contributed by atoms with Gasteiger partial charge in [0.1, 0.15) is 18.1 Å². The summed E-state index contributed by atoms with van der Waals surface area (Å²) in [4.78, 5) is 12.4. The Balaban J connectivity index is 1.40. The third-order valence-corrected chi connectivity index (χ3v) is 7.21. The highest BCUT2D eigenvalue weighted by atomic mass is 32.2. The van der Waals surface area contributed by atoms with Crippen molar-refractivity contribution < 1.29 is 22.7 Å². The van der Waals surface area contributed by atoms with Crippen LogP contribution in [0.15, 0.2) is 48.5 Å². The second-order valence-electron chi connectivity index (χ2n) is 7.74. The molecule has 1 amide bonds. The molecule has 168 valence electrons. The minimum atomic E-state index is -3.39. The van der Waals surface area contributed by atoms with Crippen molar-refractivity contribution in [1.82, 2.24) is 9.62 Å². The normalized spacial score (nSPS) is 15.4. The maximum atomic E-state index is 12.7. The molecule has 0 aliphatic carbocycles. The Bertz CT molecular complexity index is 985. The van der Waals surface area contributed by atoms with E-state index in [2.05, 4.69) is 5.32 Å². The fourth-order valence-electron chi connectivity index (χ4n) is 3.68. The van der Waals surface area contributed by atoms with Gasteiger partial charge in [0.25, 0.3) is 0 Å². The third-order valence-electron chi connectivity index (χ3n) is 5.36. The molecule has 1 aliphatic rings. The number of piperidine rings is 1. The zero-order valence-corrected chi connectivity index (χ0v) is 18.9. The quantitative estimate of drug-likeness (QED) is 0.599. The van der Waals surface area contributed by atoms with Gasteiger partial charge in [-0.15, -0.1) is 0 Å². The summed E-state index contributed by atoms with van der Waals surface area (Å²) in [5.74, 6) is 1.16. The molecule has 1 aliphatic heterocycles. The van der Waals surface area contributed by atoms with E-state index in [1.807, 2.05) is 49.4 Å². The number of benzene rings is 2. The lowest BCUT2D eigenvalue weighted by atomic mass is 9.97. The van der Waals surface area contributed by atoms with E-state index in [0.717, 1.165) is 11.1 Å². The number of carbonyl (C=O) groups is 1. The fourth-order valence-corrected chi connectivity index (χ4v) is 5.23. The molecule has 0 aromatic heterocycles. The van der Waals surface area contributed by atoms with Gasteiger partial charge in [0.05, 0.1) is 19.4 Å². The van der Waals surface area contributed by atoms with Crippen molar-refractivity contribution in [3.63, 3.8) is 0 Å². The molecule has 7 nitrogen and oxygen atoms in total. The van der Waals surface area contributed by atoms with E-state index in [1.54, 1.807) is 13.2 Å². The molecule has 8 heteroatoms. The van der Waals surface area contributed by atoms with Crippen molar-refractivity contribution in [2.75, 3.05) is 33.4 Å². The summed E-state index contributed by atoms with van der Waals surface area (Å²) < 4.78 is 37.8. The molecular formula is C23H30N2O5S. The number of carbonyl (C=O) groups excluding carboxylic acids is 1. The lowest BCUT2D eigenvalue weighted by molar-refractivity contribution is -0.126. The molecule has 1 fully saturated rings. The van der Waals surface area contributed by atoms with Gasteiger partial charge in [-0.3, -0.25) is 4.79 Å². The van der Waals surface area contributed by atoms with Crippen LogP contribution in [0.3, 0.4) is 0 Å². The number of hydrogen-bond donors (Lipinski definition) is 1. The number of rotatable bonds is 9. The Morgan fingerprint density at radius 3 is 2.52 bits per heavy atom.